The minimum Gasteiger partial charge on any atom is -0.495 e. The first-order chi connectivity index (χ1) is 14.3. The van der Waals surface area contributed by atoms with Crippen LogP contribution in [0, 0.1) is 0 Å². The Morgan fingerprint density at radius 1 is 1.30 bits per heavy atom. The highest BCUT2D eigenvalue weighted by molar-refractivity contribution is 6.33. The molecule has 0 saturated carbocycles. The second-order valence-corrected chi connectivity index (χ2v) is 8.05. The van der Waals surface area contributed by atoms with E-state index in [1.54, 1.807) is 25.5 Å². The molecular weight excluding hydrogens is 400 g/mol. The number of nitrogens with zero attached hydrogens (tertiary/aromatic N) is 2. The summed E-state index contributed by atoms with van der Waals surface area (Å²) in [5.74, 6) is 0.569. The van der Waals surface area contributed by atoms with E-state index in [1.807, 2.05) is 24.3 Å². The number of hydrogen-bond acceptors (Lipinski definition) is 4. The summed E-state index contributed by atoms with van der Waals surface area (Å²) < 4.78 is 5.22. The van der Waals surface area contributed by atoms with E-state index in [1.165, 1.54) is 5.57 Å². The largest absolute Gasteiger partial charge is 0.495 e. The molecule has 0 fully saturated rings. The molecule has 0 bridgehead atoms. The van der Waals surface area contributed by atoms with E-state index in [0.717, 1.165) is 23.4 Å². The molecule has 2 aromatic carbocycles. The molecule has 1 aliphatic heterocycles. The smallest absolute Gasteiger partial charge is 0.339 e. The summed E-state index contributed by atoms with van der Waals surface area (Å²) in [5.41, 5.74) is 7.08. The number of halogens is 1. The van der Waals surface area contributed by atoms with Crippen molar-refractivity contribution in [1.82, 2.24) is 5.43 Å². The van der Waals surface area contributed by atoms with Gasteiger partial charge in [0.15, 0.2) is 0 Å². The standard InChI is InChI=1S/C23H27ClN4O2/c1-6-28-20-12-18(24)16(11-17(20)15(2)13-23(28,3)4)14-25-27-22(29)26-19-9-7-8-10-21(19)30-5/h7-14H,6H2,1-5H3,(H2,26,27,29)/b25-14+. The summed E-state index contributed by atoms with van der Waals surface area (Å²) in [6.07, 6.45) is 3.81. The first-order valence-electron chi connectivity index (χ1n) is 9.81. The van der Waals surface area contributed by atoms with Gasteiger partial charge in [-0.2, -0.15) is 5.10 Å². The van der Waals surface area contributed by atoms with E-state index in [0.29, 0.717) is 16.5 Å². The van der Waals surface area contributed by atoms with E-state index in [4.69, 9.17) is 16.3 Å². The van der Waals surface area contributed by atoms with Crippen LogP contribution in [-0.4, -0.2) is 31.4 Å². The molecule has 0 radical (unpaired) electrons. The molecule has 2 aromatic rings. The third-order valence-electron chi connectivity index (χ3n) is 5.14. The predicted octanol–water partition coefficient (Wildman–Crippen LogP) is 5.53. The number of urea groups is 1. The van der Waals surface area contributed by atoms with Crippen molar-refractivity contribution in [2.75, 3.05) is 23.9 Å². The van der Waals surface area contributed by atoms with Gasteiger partial charge in [-0.3, -0.25) is 0 Å². The van der Waals surface area contributed by atoms with E-state index in [-0.39, 0.29) is 5.54 Å². The van der Waals surface area contributed by atoms with Gasteiger partial charge < -0.3 is 15.0 Å². The maximum absolute atomic E-state index is 12.2. The molecule has 0 saturated heterocycles. The number of amides is 2. The van der Waals surface area contributed by atoms with E-state index < -0.39 is 6.03 Å². The van der Waals surface area contributed by atoms with Gasteiger partial charge in [0, 0.05) is 23.4 Å². The van der Waals surface area contributed by atoms with Gasteiger partial charge >= 0.3 is 6.03 Å². The number of hydrazone groups is 1. The van der Waals surface area contributed by atoms with Crippen LogP contribution >= 0.6 is 11.6 Å². The van der Waals surface area contributed by atoms with Crippen molar-refractivity contribution >= 4 is 40.8 Å². The van der Waals surface area contributed by atoms with Gasteiger partial charge in [0.25, 0.3) is 0 Å². The van der Waals surface area contributed by atoms with Crippen molar-refractivity contribution in [3.63, 3.8) is 0 Å². The maximum atomic E-state index is 12.2. The minimum atomic E-state index is -0.472. The van der Waals surface area contributed by atoms with Crippen molar-refractivity contribution in [2.24, 2.45) is 5.10 Å². The Bertz CT molecular complexity index is 1010. The normalized spacial score (nSPS) is 14.9. The third-order valence-corrected chi connectivity index (χ3v) is 5.46. The molecule has 0 spiro atoms. The molecule has 3 rings (SSSR count). The molecule has 0 aromatic heterocycles. The zero-order valence-corrected chi connectivity index (χ0v) is 18.7. The Kier molecular flexibility index (Phi) is 6.37. The molecule has 6 nitrogen and oxygen atoms in total. The van der Waals surface area contributed by atoms with Crippen molar-refractivity contribution in [3.8, 4) is 5.75 Å². The summed E-state index contributed by atoms with van der Waals surface area (Å²) in [6.45, 7) is 9.49. The van der Waals surface area contributed by atoms with E-state index >= 15 is 0 Å². The average molecular weight is 427 g/mol. The molecule has 0 unspecified atom stereocenters. The first-order valence-corrected chi connectivity index (χ1v) is 10.2. The number of fused-ring (bicyclic) bond motifs is 1. The fourth-order valence-corrected chi connectivity index (χ4v) is 4.06. The van der Waals surface area contributed by atoms with E-state index in [9.17, 15) is 4.79 Å². The number of anilines is 2. The minimum absolute atomic E-state index is 0.0804. The molecule has 2 N–H and O–H groups in total. The Morgan fingerprint density at radius 3 is 2.73 bits per heavy atom. The van der Waals surface area contributed by atoms with Gasteiger partial charge in [0.2, 0.25) is 0 Å². The molecule has 1 heterocycles. The fraction of sp³-hybridized carbons (Fsp3) is 0.304. The van der Waals surface area contributed by atoms with Crippen molar-refractivity contribution < 1.29 is 9.53 Å². The molecule has 30 heavy (non-hydrogen) atoms. The zero-order chi connectivity index (χ0) is 21.9. The number of nitrogens with one attached hydrogen (secondary N) is 2. The van der Waals surface area contributed by atoms with Gasteiger partial charge in [-0.15, -0.1) is 0 Å². The van der Waals surface area contributed by atoms with Crippen LogP contribution in [0.25, 0.3) is 5.57 Å². The number of ether oxygens (including phenoxy) is 1. The number of carbonyl (C=O) groups excluding carboxylic acids is 1. The van der Waals surface area contributed by atoms with Crippen LogP contribution in [0.2, 0.25) is 5.02 Å². The van der Waals surface area contributed by atoms with Gasteiger partial charge in [-0.25, -0.2) is 10.2 Å². The number of methoxy groups -OCH3 is 1. The molecule has 7 heteroatoms. The SMILES string of the molecule is CCN1c2cc(Cl)c(/C=N/NC(=O)Nc3ccccc3OC)cc2C(C)=CC1(C)C. The monoisotopic (exact) mass is 426 g/mol. The number of carbonyl (C=O) groups is 1. The molecule has 2 amide bonds. The van der Waals surface area contributed by atoms with Crippen LogP contribution in [-0.2, 0) is 0 Å². The third kappa shape index (κ3) is 4.44. The topological polar surface area (TPSA) is 66.0 Å². The van der Waals surface area contributed by atoms with Crippen molar-refractivity contribution in [1.29, 1.82) is 0 Å². The Morgan fingerprint density at radius 2 is 2.03 bits per heavy atom. The van der Waals surface area contributed by atoms with Crippen LogP contribution in [0.1, 0.15) is 38.8 Å². The lowest BCUT2D eigenvalue weighted by Gasteiger charge is -2.43. The summed E-state index contributed by atoms with van der Waals surface area (Å²) >= 11 is 6.53. The summed E-state index contributed by atoms with van der Waals surface area (Å²) in [4.78, 5) is 14.5. The molecule has 158 valence electrons. The Labute approximate surface area is 182 Å². The van der Waals surface area contributed by atoms with Crippen LogP contribution in [0.15, 0.2) is 47.6 Å². The van der Waals surface area contributed by atoms with Crippen LogP contribution in [0.4, 0.5) is 16.2 Å². The highest BCUT2D eigenvalue weighted by Gasteiger charge is 2.30. The number of para-hydroxylation sites is 2. The second kappa shape index (κ2) is 8.79. The van der Waals surface area contributed by atoms with Crippen LogP contribution in [0.5, 0.6) is 5.75 Å². The van der Waals surface area contributed by atoms with Crippen molar-refractivity contribution in [2.45, 2.75) is 33.2 Å². The molecule has 0 aliphatic carbocycles. The zero-order valence-electron chi connectivity index (χ0n) is 17.9. The predicted molar refractivity (Wildman–Crippen MR) is 125 cm³/mol. The molecule has 1 aliphatic rings. The molecular formula is C23H27ClN4O2. The number of likely N-dealkylation sites (N-methyl/N-ethyl adjacent to an activating group) is 1. The molecule has 0 atom stereocenters. The van der Waals surface area contributed by atoms with Gasteiger partial charge in [-0.1, -0.05) is 29.8 Å². The quantitative estimate of drug-likeness (QED) is 0.488. The number of rotatable bonds is 5. The summed E-state index contributed by atoms with van der Waals surface area (Å²) in [6, 6.07) is 10.7. The number of allylic oxidation sites excluding steroid dienone is 1. The van der Waals surface area contributed by atoms with E-state index in [2.05, 4.69) is 54.5 Å². The van der Waals surface area contributed by atoms with Gasteiger partial charge in [0.1, 0.15) is 5.75 Å². The second-order valence-electron chi connectivity index (χ2n) is 7.64. The number of benzene rings is 2. The maximum Gasteiger partial charge on any atom is 0.339 e. The summed E-state index contributed by atoms with van der Waals surface area (Å²) in [5, 5.41) is 7.33. The fourth-order valence-electron chi connectivity index (χ4n) is 3.85. The lowest BCUT2D eigenvalue weighted by molar-refractivity contribution is 0.252. The lowest BCUT2D eigenvalue weighted by Crippen LogP contribution is -2.44. The Hall–Kier alpha value is -2.99. The summed E-state index contributed by atoms with van der Waals surface area (Å²) in [7, 11) is 1.55. The van der Waals surface area contributed by atoms with Crippen LogP contribution in [0.3, 0.4) is 0 Å². The van der Waals surface area contributed by atoms with Gasteiger partial charge in [-0.05, 0) is 57.5 Å². The highest BCUT2D eigenvalue weighted by atomic mass is 35.5. The van der Waals surface area contributed by atoms with Gasteiger partial charge in [0.05, 0.1) is 29.6 Å². The highest BCUT2D eigenvalue weighted by Crippen LogP contribution is 2.40. The first kappa shape index (κ1) is 21.7. The lowest BCUT2D eigenvalue weighted by atomic mass is 9.88. The average Bonchev–Trinajstić information content (AvgIpc) is 2.69. The van der Waals surface area contributed by atoms with Crippen LogP contribution < -0.4 is 20.4 Å². The Balaban J connectivity index is 1.77. The van der Waals surface area contributed by atoms with Crippen molar-refractivity contribution in [3.05, 3.63) is 58.6 Å². The number of hydrogen-bond donors (Lipinski definition) is 2.